The highest BCUT2D eigenvalue weighted by Gasteiger charge is 2.01. The molecule has 1 N–H and O–H groups in total. The zero-order chi connectivity index (χ0) is 10.4. The summed E-state index contributed by atoms with van der Waals surface area (Å²) in [5, 5.41) is 16.0. The fraction of sp³-hybridized carbons (Fsp3) is 0.273. The molecule has 0 fully saturated rings. The Kier molecular flexibility index (Phi) is 3.69. The maximum absolute atomic E-state index is 8.45. The van der Waals surface area contributed by atoms with Crippen LogP contribution in [0, 0.1) is 16.7 Å². The van der Waals surface area contributed by atoms with Gasteiger partial charge in [-0.25, -0.2) is 0 Å². The molecule has 0 aliphatic rings. The van der Waals surface area contributed by atoms with E-state index in [1.165, 1.54) is 0 Å². The number of hydrogen-bond acceptors (Lipinski definition) is 3. The SMILES string of the molecule is CCOc1cccc(C(=N)CC#N)c1. The van der Waals surface area contributed by atoms with E-state index in [2.05, 4.69) is 0 Å². The summed E-state index contributed by atoms with van der Waals surface area (Å²) in [7, 11) is 0. The minimum atomic E-state index is 0.135. The lowest BCUT2D eigenvalue weighted by molar-refractivity contribution is 0.340. The Bertz CT molecular complexity index is 366. The average Bonchev–Trinajstić information content (AvgIpc) is 2.19. The molecule has 0 atom stereocenters. The topological polar surface area (TPSA) is 56.9 Å². The van der Waals surface area contributed by atoms with Gasteiger partial charge in [0, 0.05) is 0 Å². The van der Waals surface area contributed by atoms with Crippen molar-refractivity contribution in [1.29, 1.82) is 10.7 Å². The second kappa shape index (κ2) is 5.03. The average molecular weight is 188 g/mol. The molecule has 0 saturated carbocycles. The van der Waals surface area contributed by atoms with Gasteiger partial charge in [-0.2, -0.15) is 5.26 Å². The van der Waals surface area contributed by atoms with E-state index in [9.17, 15) is 0 Å². The number of hydrogen-bond donors (Lipinski definition) is 1. The van der Waals surface area contributed by atoms with Crippen molar-refractivity contribution in [3.63, 3.8) is 0 Å². The van der Waals surface area contributed by atoms with Gasteiger partial charge in [0.1, 0.15) is 5.75 Å². The molecule has 1 aromatic rings. The van der Waals surface area contributed by atoms with Gasteiger partial charge < -0.3 is 10.1 Å². The molecule has 0 bridgehead atoms. The van der Waals surface area contributed by atoms with Crippen LogP contribution in [-0.2, 0) is 0 Å². The lowest BCUT2D eigenvalue weighted by Crippen LogP contribution is -1.98. The van der Waals surface area contributed by atoms with Crippen molar-refractivity contribution in [2.24, 2.45) is 0 Å². The van der Waals surface area contributed by atoms with Crippen LogP contribution in [-0.4, -0.2) is 12.3 Å². The summed E-state index contributed by atoms with van der Waals surface area (Å²) < 4.78 is 5.30. The lowest BCUT2D eigenvalue weighted by atomic mass is 10.1. The van der Waals surface area contributed by atoms with Crippen molar-refractivity contribution in [3.05, 3.63) is 29.8 Å². The highest BCUT2D eigenvalue weighted by molar-refractivity contribution is 5.99. The first-order valence-electron chi connectivity index (χ1n) is 4.45. The maximum Gasteiger partial charge on any atom is 0.119 e. The predicted octanol–water partition coefficient (Wildman–Crippen LogP) is 2.37. The Hall–Kier alpha value is -1.82. The van der Waals surface area contributed by atoms with E-state index in [0.717, 1.165) is 11.3 Å². The molecule has 0 amide bonds. The third-order valence-electron chi connectivity index (χ3n) is 1.75. The van der Waals surface area contributed by atoms with Crippen molar-refractivity contribution in [2.45, 2.75) is 13.3 Å². The largest absolute Gasteiger partial charge is 0.494 e. The Morgan fingerprint density at radius 1 is 1.57 bits per heavy atom. The number of benzene rings is 1. The molecule has 0 radical (unpaired) electrons. The molecule has 0 spiro atoms. The van der Waals surface area contributed by atoms with Gasteiger partial charge in [0.2, 0.25) is 0 Å². The Balaban J connectivity index is 2.83. The number of rotatable bonds is 4. The van der Waals surface area contributed by atoms with E-state index in [1.54, 1.807) is 6.07 Å². The molecule has 0 saturated heterocycles. The second-order valence-electron chi connectivity index (χ2n) is 2.77. The van der Waals surface area contributed by atoms with Gasteiger partial charge in [0.05, 0.1) is 24.8 Å². The zero-order valence-corrected chi connectivity index (χ0v) is 8.08. The quantitative estimate of drug-likeness (QED) is 0.737. The summed E-state index contributed by atoms with van der Waals surface area (Å²) in [6.45, 7) is 2.52. The minimum Gasteiger partial charge on any atom is -0.494 e. The summed E-state index contributed by atoms with van der Waals surface area (Å²) in [4.78, 5) is 0. The molecule has 0 aromatic heterocycles. The normalized spacial score (nSPS) is 9.14. The fourth-order valence-corrected chi connectivity index (χ4v) is 1.12. The van der Waals surface area contributed by atoms with Crippen LogP contribution in [0.2, 0.25) is 0 Å². The monoisotopic (exact) mass is 188 g/mol. The molecule has 0 heterocycles. The number of nitriles is 1. The van der Waals surface area contributed by atoms with Gasteiger partial charge in [-0.15, -0.1) is 0 Å². The van der Waals surface area contributed by atoms with Gasteiger partial charge in [0.25, 0.3) is 0 Å². The highest BCUT2D eigenvalue weighted by atomic mass is 16.5. The first kappa shape index (κ1) is 10.3. The van der Waals surface area contributed by atoms with E-state index < -0.39 is 0 Å². The van der Waals surface area contributed by atoms with Crippen LogP contribution in [0.4, 0.5) is 0 Å². The number of nitrogens with one attached hydrogen (secondary N) is 1. The first-order chi connectivity index (χ1) is 6.77. The minimum absolute atomic E-state index is 0.135. The summed E-state index contributed by atoms with van der Waals surface area (Å²) in [5.41, 5.74) is 1.08. The third kappa shape index (κ3) is 2.60. The van der Waals surface area contributed by atoms with Crippen LogP contribution in [0.3, 0.4) is 0 Å². The van der Waals surface area contributed by atoms with Crippen molar-refractivity contribution in [3.8, 4) is 11.8 Å². The van der Waals surface area contributed by atoms with E-state index in [4.69, 9.17) is 15.4 Å². The smallest absolute Gasteiger partial charge is 0.119 e. The van der Waals surface area contributed by atoms with Gasteiger partial charge in [0.15, 0.2) is 0 Å². The summed E-state index contributed by atoms with van der Waals surface area (Å²) in [6.07, 6.45) is 0.135. The molecular formula is C11H12N2O. The molecule has 0 unspecified atom stereocenters. The Labute approximate surface area is 83.4 Å². The highest BCUT2D eigenvalue weighted by Crippen LogP contribution is 2.14. The van der Waals surface area contributed by atoms with Crippen LogP contribution < -0.4 is 4.74 Å². The van der Waals surface area contributed by atoms with Crippen molar-refractivity contribution in [1.82, 2.24) is 0 Å². The Morgan fingerprint density at radius 2 is 2.36 bits per heavy atom. The molecule has 0 aliphatic heterocycles. The number of ether oxygens (including phenoxy) is 1. The van der Waals surface area contributed by atoms with E-state index in [0.29, 0.717) is 12.3 Å². The van der Waals surface area contributed by atoms with Crippen molar-refractivity contribution in [2.75, 3.05) is 6.61 Å². The molecular weight excluding hydrogens is 176 g/mol. The molecule has 3 heteroatoms. The van der Waals surface area contributed by atoms with Crippen molar-refractivity contribution < 1.29 is 4.74 Å². The third-order valence-corrected chi connectivity index (χ3v) is 1.75. The molecule has 14 heavy (non-hydrogen) atoms. The number of nitrogens with zero attached hydrogens (tertiary/aromatic N) is 1. The van der Waals surface area contributed by atoms with Crippen LogP contribution in [0.5, 0.6) is 5.75 Å². The second-order valence-corrected chi connectivity index (χ2v) is 2.77. The van der Waals surface area contributed by atoms with Gasteiger partial charge >= 0.3 is 0 Å². The molecule has 1 aromatic carbocycles. The van der Waals surface area contributed by atoms with Crippen LogP contribution in [0.15, 0.2) is 24.3 Å². The summed E-state index contributed by atoms with van der Waals surface area (Å²) in [5.74, 6) is 0.743. The van der Waals surface area contributed by atoms with Crippen LogP contribution in [0.25, 0.3) is 0 Å². The first-order valence-corrected chi connectivity index (χ1v) is 4.45. The van der Waals surface area contributed by atoms with Crippen molar-refractivity contribution >= 4 is 5.71 Å². The molecule has 3 nitrogen and oxygen atoms in total. The Morgan fingerprint density at radius 3 is 3.00 bits per heavy atom. The zero-order valence-electron chi connectivity index (χ0n) is 8.08. The standard InChI is InChI=1S/C11H12N2O/c1-2-14-10-5-3-4-9(8-10)11(13)6-7-12/h3-5,8,13H,2,6H2,1H3. The lowest BCUT2D eigenvalue weighted by Gasteiger charge is -2.05. The van der Waals surface area contributed by atoms with Gasteiger partial charge in [-0.3, -0.25) is 0 Å². The summed E-state index contributed by atoms with van der Waals surface area (Å²) in [6, 6.07) is 9.21. The molecule has 0 aliphatic carbocycles. The molecule has 72 valence electrons. The van der Waals surface area contributed by atoms with E-state index in [-0.39, 0.29) is 6.42 Å². The van der Waals surface area contributed by atoms with E-state index >= 15 is 0 Å². The predicted molar refractivity (Wildman–Crippen MR) is 54.7 cm³/mol. The van der Waals surface area contributed by atoms with Gasteiger partial charge in [-0.05, 0) is 24.6 Å². The maximum atomic E-state index is 8.45. The molecule has 1 rings (SSSR count). The van der Waals surface area contributed by atoms with Crippen LogP contribution >= 0.6 is 0 Å². The van der Waals surface area contributed by atoms with E-state index in [1.807, 2.05) is 31.2 Å². The van der Waals surface area contributed by atoms with Gasteiger partial charge in [-0.1, -0.05) is 12.1 Å². The summed E-state index contributed by atoms with van der Waals surface area (Å²) >= 11 is 0. The fourth-order valence-electron chi connectivity index (χ4n) is 1.12. The van der Waals surface area contributed by atoms with Crippen LogP contribution in [0.1, 0.15) is 18.9 Å².